The largest absolute Gasteiger partial charge is 0.341 e. The van der Waals surface area contributed by atoms with Crippen LogP contribution < -0.4 is 0 Å². The van der Waals surface area contributed by atoms with Crippen molar-refractivity contribution in [3.8, 4) is 0 Å². The monoisotopic (exact) mass is 318 g/mol. The number of thioether (sulfide) groups is 1. The van der Waals surface area contributed by atoms with Crippen molar-refractivity contribution in [3.63, 3.8) is 0 Å². The van der Waals surface area contributed by atoms with Crippen LogP contribution in [0.2, 0.25) is 0 Å². The van der Waals surface area contributed by atoms with Gasteiger partial charge in [-0.05, 0) is 36.8 Å². The van der Waals surface area contributed by atoms with Crippen LogP contribution in [0.3, 0.4) is 0 Å². The van der Waals surface area contributed by atoms with E-state index in [0.29, 0.717) is 25.6 Å². The van der Waals surface area contributed by atoms with Gasteiger partial charge in [0.15, 0.2) is 0 Å². The minimum absolute atomic E-state index is 0.0889. The van der Waals surface area contributed by atoms with E-state index in [1.165, 1.54) is 4.90 Å². The molecule has 0 N–H and O–H groups in total. The third kappa shape index (κ3) is 3.29. The Morgan fingerprint density at radius 2 is 2.18 bits per heavy atom. The Bertz CT molecular complexity index is 586. The Balaban J connectivity index is 1.60. The fourth-order valence-corrected chi connectivity index (χ4v) is 3.55. The van der Waals surface area contributed by atoms with E-state index in [4.69, 9.17) is 0 Å². The average molecular weight is 318 g/mol. The van der Waals surface area contributed by atoms with E-state index in [9.17, 15) is 9.59 Å². The molecule has 2 amide bonds. The number of carbonyl (C=O) groups is 2. The van der Waals surface area contributed by atoms with E-state index in [1.54, 1.807) is 16.7 Å². The minimum atomic E-state index is -0.165. The predicted molar refractivity (Wildman–Crippen MR) is 87.5 cm³/mol. The predicted octanol–water partition coefficient (Wildman–Crippen LogP) is 2.38. The molecule has 1 saturated heterocycles. The lowest BCUT2D eigenvalue weighted by Crippen LogP contribution is -2.34. The van der Waals surface area contributed by atoms with Crippen molar-refractivity contribution in [2.24, 2.45) is 5.92 Å². The van der Waals surface area contributed by atoms with Crippen LogP contribution >= 0.6 is 11.8 Å². The molecule has 1 aliphatic heterocycles. The summed E-state index contributed by atoms with van der Waals surface area (Å²) < 4.78 is 0. The van der Waals surface area contributed by atoms with Gasteiger partial charge in [0.2, 0.25) is 11.8 Å². The first-order valence-corrected chi connectivity index (χ1v) is 8.98. The fraction of sp³-hybridized carbons (Fsp3) is 0.529. The van der Waals surface area contributed by atoms with Gasteiger partial charge in [0.05, 0.1) is 5.92 Å². The normalized spacial score (nSPS) is 21.3. The molecule has 1 aromatic rings. The maximum Gasteiger partial charge on any atom is 0.228 e. The van der Waals surface area contributed by atoms with Crippen LogP contribution in [0.15, 0.2) is 29.2 Å². The SMILES string of the molecule is CSc1cccc(CN(C)C(=O)[C@H]2CC(=O)N(C3CC3)C2)c1. The second-order valence-electron chi connectivity index (χ2n) is 6.22. The molecule has 4 nitrogen and oxygen atoms in total. The van der Waals surface area contributed by atoms with Crippen LogP contribution in [0.1, 0.15) is 24.8 Å². The molecule has 2 aliphatic rings. The highest BCUT2D eigenvalue weighted by atomic mass is 32.2. The molecule has 3 rings (SSSR count). The molecule has 0 radical (unpaired) electrons. The highest BCUT2D eigenvalue weighted by Crippen LogP contribution is 2.33. The summed E-state index contributed by atoms with van der Waals surface area (Å²) in [5, 5.41) is 0. The molecule has 2 fully saturated rings. The van der Waals surface area contributed by atoms with E-state index in [-0.39, 0.29) is 17.7 Å². The van der Waals surface area contributed by atoms with Gasteiger partial charge in [0.1, 0.15) is 0 Å². The smallest absolute Gasteiger partial charge is 0.228 e. The molecule has 0 aromatic heterocycles. The van der Waals surface area contributed by atoms with Crippen molar-refractivity contribution < 1.29 is 9.59 Å². The summed E-state index contributed by atoms with van der Waals surface area (Å²) in [4.78, 5) is 29.4. The Morgan fingerprint density at radius 1 is 1.41 bits per heavy atom. The van der Waals surface area contributed by atoms with Crippen LogP contribution in [0.25, 0.3) is 0 Å². The van der Waals surface area contributed by atoms with Gasteiger partial charge < -0.3 is 9.80 Å². The van der Waals surface area contributed by atoms with Crippen LogP contribution in [-0.2, 0) is 16.1 Å². The molecule has 1 heterocycles. The van der Waals surface area contributed by atoms with Gasteiger partial charge in [-0.25, -0.2) is 0 Å². The van der Waals surface area contributed by atoms with E-state index < -0.39 is 0 Å². The molecule has 22 heavy (non-hydrogen) atoms. The number of amides is 2. The Hall–Kier alpha value is -1.49. The van der Waals surface area contributed by atoms with Crippen LogP contribution in [-0.4, -0.2) is 47.5 Å². The van der Waals surface area contributed by atoms with Gasteiger partial charge in [0, 0.05) is 37.5 Å². The summed E-state index contributed by atoms with van der Waals surface area (Å²) in [6, 6.07) is 8.66. The highest BCUT2D eigenvalue weighted by molar-refractivity contribution is 7.98. The first kappa shape index (κ1) is 15.4. The van der Waals surface area contributed by atoms with Crippen molar-refractivity contribution in [1.29, 1.82) is 0 Å². The lowest BCUT2D eigenvalue weighted by molar-refractivity contribution is -0.135. The van der Waals surface area contributed by atoms with Gasteiger partial charge in [-0.2, -0.15) is 0 Å². The molecule has 1 saturated carbocycles. The molecular weight excluding hydrogens is 296 g/mol. The fourth-order valence-electron chi connectivity index (χ4n) is 3.07. The molecule has 1 aromatic carbocycles. The molecular formula is C17H22N2O2S. The molecule has 5 heteroatoms. The van der Waals surface area contributed by atoms with E-state index in [2.05, 4.69) is 12.1 Å². The van der Waals surface area contributed by atoms with Crippen LogP contribution in [0.4, 0.5) is 0 Å². The van der Waals surface area contributed by atoms with E-state index in [0.717, 1.165) is 18.4 Å². The van der Waals surface area contributed by atoms with Gasteiger partial charge in [-0.1, -0.05) is 12.1 Å². The molecule has 1 aliphatic carbocycles. The average Bonchev–Trinajstić information content (AvgIpc) is 3.29. The van der Waals surface area contributed by atoms with Gasteiger partial charge in [-0.3, -0.25) is 9.59 Å². The molecule has 0 unspecified atom stereocenters. The zero-order valence-electron chi connectivity index (χ0n) is 13.1. The number of benzene rings is 1. The van der Waals surface area contributed by atoms with Crippen molar-refractivity contribution >= 4 is 23.6 Å². The second-order valence-corrected chi connectivity index (χ2v) is 7.10. The third-order valence-corrected chi connectivity index (χ3v) is 5.15. The summed E-state index contributed by atoms with van der Waals surface area (Å²) >= 11 is 1.70. The molecule has 0 spiro atoms. The zero-order chi connectivity index (χ0) is 15.7. The number of hydrogen-bond donors (Lipinski definition) is 0. The van der Waals surface area contributed by atoms with E-state index in [1.807, 2.05) is 30.3 Å². The summed E-state index contributed by atoms with van der Waals surface area (Å²) in [7, 11) is 1.83. The first-order valence-electron chi connectivity index (χ1n) is 7.76. The number of carbonyl (C=O) groups excluding carboxylic acids is 2. The first-order chi connectivity index (χ1) is 10.6. The number of nitrogens with zero attached hydrogens (tertiary/aromatic N) is 2. The van der Waals surface area contributed by atoms with Crippen LogP contribution in [0, 0.1) is 5.92 Å². The molecule has 118 valence electrons. The summed E-state index contributed by atoms with van der Waals surface area (Å²) in [6.07, 6.45) is 4.63. The maximum absolute atomic E-state index is 12.6. The lowest BCUT2D eigenvalue weighted by atomic mass is 10.1. The number of likely N-dealkylation sites (tertiary alicyclic amines) is 1. The molecule has 0 bridgehead atoms. The van der Waals surface area contributed by atoms with Gasteiger partial charge in [-0.15, -0.1) is 11.8 Å². The lowest BCUT2D eigenvalue weighted by Gasteiger charge is -2.21. The summed E-state index contributed by atoms with van der Waals surface area (Å²) in [6.45, 7) is 1.21. The number of rotatable bonds is 5. The minimum Gasteiger partial charge on any atom is -0.341 e. The summed E-state index contributed by atoms with van der Waals surface area (Å²) in [5.41, 5.74) is 1.13. The maximum atomic E-state index is 12.6. The van der Waals surface area contributed by atoms with Crippen LogP contribution in [0.5, 0.6) is 0 Å². The zero-order valence-corrected chi connectivity index (χ0v) is 13.9. The van der Waals surface area contributed by atoms with Crippen molar-refractivity contribution in [1.82, 2.24) is 9.80 Å². The quantitative estimate of drug-likeness (QED) is 0.783. The van der Waals surface area contributed by atoms with Gasteiger partial charge >= 0.3 is 0 Å². The van der Waals surface area contributed by atoms with Crippen molar-refractivity contribution in [2.75, 3.05) is 19.8 Å². The highest BCUT2D eigenvalue weighted by Gasteiger charge is 2.42. The second kappa shape index (κ2) is 6.32. The summed E-state index contributed by atoms with van der Waals surface area (Å²) in [5.74, 6) is 0.0755. The van der Waals surface area contributed by atoms with Gasteiger partial charge in [0.25, 0.3) is 0 Å². The Kier molecular flexibility index (Phi) is 4.43. The van der Waals surface area contributed by atoms with E-state index >= 15 is 0 Å². The number of hydrogen-bond acceptors (Lipinski definition) is 3. The topological polar surface area (TPSA) is 40.6 Å². The molecule has 1 atom stereocenters. The Labute approximate surface area is 135 Å². The standard InChI is InChI=1S/C17H22N2O2S/c1-18(10-12-4-3-5-15(8-12)22-2)17(21)13-9-16(20)19(11-13)14-6-7-14/h3-5,8,13-14H,6-7,9-11H2,1-2H3/t13-/m0/s1. The third-order valence-electron chi connectivity index (χ3n) is 4.43. The van der Waals surface area contributed by atoms with Crippen molar-refractivity contribution in [3.05, 3.63) is 29.8 Å². The Morgan fingerprint density at radius 3 is 2.86 bits per heavy atom. The van der Waals surface area contributed by atoms with Crippen molar-refractivity contribution in [2.45, 2.75) is 36.7 Å².